The summed E-state index contributed by atoms with van der Waals surface area (Å²) in [5, 5.41) is 9.88. The fourth-order valence-corrected chi connectivity index (χ4v) is 4.90. The van der Waals surface area contributed by atoms with Crippen LogP contribution in [0.2, 0.25) is 0 Å². The maximum absolute atomic E-state index is 12.5. The molecule has 1 aliphatic rings. The third-order valence-electron chi connectivity index (χ3n) is 7.05. The summed E-state index contributed by atoms with van der Waals surface area (Å²) in [6.45, 7) is 8.81. The minimum Gasteiger partial charge on any atom is -0.486 e. The molecule has 2 heterocycles. The number of ether oxygens (including phenoxy) is 2. The number of hydrogen-bond acceptors (Lipinski definition) is 6. The second-order valence-electron chi connectivity index (χ2n) is 11.6. The highest BCUT2D eigenvalue weighted by atomic mass is 16.6. The molecule has 0 aliphatic carbocycles. The van der Waals surface area contributed by atoms with Crippen molar-refractivity contribution in [3.8, 4) is 28.3 Å². The standard InChI is InChI=1S/C35H35N3O5/c1-23-6-5-7-24(18-23)22-42-29-20-36-32(37-21-29)27-10-8-25(9-11-27)28-12-13-30(33(39)40)31(19-28)26-14-16-38(17-15-26)34(41)43-35(2,3)4/h5-14,18-21H,15-17,22H2,1-4H3,(H,39,40). The Morgan fingerprint density at radius 1 is 0.930 bits per heavy atom. The molecule has 4 aromatic rings. The van der Waals surface area contributed by atoms with Crippen LogP contribution in [0.4, 0.5) is 4.79 Å². The number of aryl methyl sites for hydroxylation is 1. The van der Waals surface area contributed by atoms with E-state index in [1.165, 1.54) is 5.56 Å². The molecule has 0 radical (unpaired) electrons. The molecule has 1 N–H and O–H groups in total. The van der Waals surface area contributed by atoms with Crippen LogP contribution in [-0.2, 0) is 11.3 Å². The number of aromatic nitrogens is 2. The summed E-state index contributed by atoms with van der Waals surface area (Å²) in [5.41, 5.74) is 6.16. The molecule has 1 aliphatic heterocycles. The van der Waals surface area contributed by atoms with Crippen LogP contribution in [0.3, 0.4) is 0 Å². The van der Waals surface area contributed by atoms with Crippen LogP contribution in [0, 0.1) is 6.92 Å². The lowest BCUT2D eigenvalue weighted by atomic mass is 9.91. The zero-order valence-electron chi connectivity index (χ0n) is 24.8. The van der Waals surface area contributed by atoms with E-state index in [0.717, 1.165) is 27.8 Å². The van der Waals surface area contributed by atoms with Crippen molar-refractivity contribution < 1.29 is 24.2 Å². The lowest BCUT2D eigenvalue weighted by Crippen LogP contribution is -2.39. The fourth-order valence-electron chi connectivity index (χ4n) is 4.90. The van der Waals surface area contributed by atoms with Crippen molar-refractivity contribution >= 4 is 17.6 Å². The predicted molar refractivity (Wildman–Crippen MR) is 166 cm³/mol. The molecule has 0 spiro atoms. The molecule has 8 nitrogen and oxygen atoms in total. The molecule has 0 saturated carbocycles. The second-order valence-corrected chi connectivity index (χ2v) is 11.6. The van der Waals surface area contributed by atoms with Gasteiger partial charge in [-0.1, -0.05) is 66.2 Å². The summed E-state index contributed by atoms with van der Waals surface area (Å²) in [5.74, 6) is 0.188. The summed E-state index contributed by atoms with van der Waals surface area (Å²) in [7, 11) is 0. The zero-order chi connectivity index (χ0) is 30.6. The van der Waals surface area contributed by atoms with E-state index in [2.05, 4.69) is 16.0 Å². The van der Waals surface area contributed by atoms with Crippen molar-refractivity contribution in [2.45, 2.75) is 46.3 Å². The molecule has 0 fully saturated rings. The Balaban J connectivity index is 1.30. The summed E-state index contributed by atoms with van der Waals surface area (Å²) in [6.07, 6.45) is 5.41. The van der Waals surface area contributed by atoms with Crippen LogP contribution in [0.15, 0.2) is 85.2 Å². The molecule has 3 aromatic carbocycles. The first-order valence-electron chi connectivity index (χ1n) is 14.2. The van der Waals surface area contributed by atoms with Gasteiger partial charge in [0.2, 0.25) is 0 Å². The fraction of sp³-hybridized carbons (Fsp3) is 0.257. The molecule has 1 amide bonds. The number of aromatic carboxylic acids is 1. The van der Waals surface area contributed by atoms with Gasteiger partial charge >= 0.3 is 12.1 Å². The number of amides is 1. The maximum Gasteiger partial charge on any atom is 0.410 e. The van der Waals surface area contributed by atoms with Crippen molar-refractivity contribution in [3.05, 3.63) is 107 Å². The topological polar surface area (TPSA) is 102 Å². The van der Waals surface area contributed by atoms with Crippen molar-refractivity contribution in [3.63, 3.8) is 0 Å². The average molecular weight is 578 g/mol. The SMILES string of the molecule is Cc1cccc(COc2cnc(-c3ccc(-c4ccc(C(=O)O)c(C5=CCN(C(=O)OC(C)(C)C)CC5)c4)cc3)nc2)c1. The van der Waals surface area contributed by atoms with Gasteiger partial charge in [0.15, 0.2) is 11.6 Å². The molecule has 5 rings (SSSR count). The van der Waals surface area contributed by atoms with Crippen molar-refractivity contribution in [2.24, 2.45) is 0 Å². The molecule has 220 valence electrons. The monoisotopic (exact) mass is 577 g/mol. The lowest BCUT2D eigenvalue weighted by molar-refractivity contribution is 0.0270. The van der Waals surface area contributed by atoms with Crippen LogP contribution in [0.25, 0.3) is 28.1 Å². The minimum absolute atomic E-state index is 0.232. The molecule has 0 unspecified atom stereocenters. The molecule has 0 saturated heterocycles. The normalized spacial score (nSPS) is 13.3. The number of hydrogen-bond donors (Lipinski definition) is 1. The number of carbonyl (C=O) groups is 2. The van der Waals surface area contributed by atoms with Gasteiger partial charge in [-0.05, 0) is 74.1 Å². The first-order valence-corrected chi connectivity index (χ1v) is 14.2. The number of carbonyl (C=O) groups excluding carboxylic acids is 1. The van der Waals surface area contributed by atoms with E-state index in [1.54, 1.807) is 23.4 Å². The highest BCUT2D eigenvalue weighted by Crippen LogP contribution is 2.32. The summed E-state index contributed by atoms with van der Waals surface area (Å²) >= 11 is 0. The minimum atomic E-state index is -0.990. The number of carboxylic acid groups (broad SMARTS) is 1. The third-order valence-corrected chi connectivity index (χ3v) is 7.05. The predicted octanol–water partition coefficient (Wildman–Crippen LogP) is 7.42. The van der Waals surface area contributed by atoms with E-state index in [9.17, 15) is 14.7 Å². The van der Waals surface area contributed by atoms with E-state index in [1.807, 2.05) is 88.4 Å². The van der Waals surface area contributed by atoms with E-state index in [4.69, 9.17) is 9.47 Å². The molecular formula is C35H35N3O5. The zero-order valence-corrected chi connectivity index (χ0v) is 24.8. The molecule has 0 bridgehead atoms. The molecular weight excluding hydrogens is 542 g/mol. The van der Waals surface area contributed by atoms with Gasteiger partial charge in [-0.25, -0.2) is 19.6 Å². The van der Waals surface area contributed by atoms with Gasteiger partial charge in [-0.2, -0.15) is 0 Å². The Hall–Kier alpha value is -4.98. The van der Waals surface area contributed by atoms with E-state index in [-0.39, 0.29) is 11.7 Å². The van der Waals surface area contributed by atoms with E-state index >= 15 is 0 Å². The number of rotatable bonds is 7. The second kappa shape index (κ2) is 12.5. The number of benzene rings is 3. The Morgan fingerprint density at radius 2 is 1.63 bits per heavy atom. The van der Waals surface area contributed by atoms with Gasteiger partial charge in [-0.3, -0.25) is 0 Å². The largest absolute Gasteiger partial charge is 0.486 e. The van der Waals surface area contributed by atoms with Gasteiger partial charge in [0.05, 0.1) is 18.0 Å². The smallest absolute Gasteiger partial charge is 0.410 e. The first kappa shape index (κ1) is 29.5. The summed E-state index contributed by atoms with van der Waals surface area (Å²) < 4.78 is 11.3. The van der Waals surface area contributed by atoms with Gasteiger partial charge in [0.25, 0.3) is 0 Å². The highest BCUT2D eigenvalue weighted by Gasteiger charge is 2.25. The molecule has 1 aromatic heterocycles. The molecule has 0 atom stereocenters. The first-order chi connectivity index (χ1) is 20.6. The van der Waals surface area contributed by atoms with Crippen molar-refractivity contribution in [2.75, 3.05) is 13.1 Å². The van der Waals surface area contributed by atoms with Gasteiger partial charge in [0, 0.05) is 18.7 Å². The van der Waals surface area contributed by atoms with Crippen LogP contribution in [0.5, 0.6) is 5.75 Å². The quantitative estimate of drug-likeness (QED) is 0.244. The van der Waals surface area contributed by atoms with Crippen LogP contribution < -0.4 is 4.74 Å². The Labute approximate surface area is 251 Å². The maximum atomic E-state index is 12.5. The summed E-state index contributed by atoms with van der Waals surface area (Å²) in [6, 6.07) is 21.4. The summed E-state index contributed by atoms with van der Waals surface area (Å²) in [4.78, 5) is 35.1. The van der Waals surface area contributed by atoms with Gasteiger partial charge in [0.1, 0.15) is 12.2 Å². The van der Waals surface area contributed by atoms with E-state index in [0.29, 0.717) is 43.3 Å². The van der Waals surface area contributed by atoms with Crippen LogP contribution in [0.1, 0.15) is 54.2 Å². The molecule has 8 heteroatoms. The van der Waals surface area contributed by atoms with Crippen LogP contribution >= 0.6 is 0 Å². The van der Waals surface area contributed by atoms with Gasteiger partial charge < -0.3 is 19.5 Å². The average Bonchev–Trinajstić information content (AvgIpc) is 2.99. The Morgan fingerprint density at radius 3 is 2.26 bits per heavy atom. The number of nitrogens with zero attached hydrogens (tertiary/aromatic N) is 3. The number of carboxylic acids is 1. The molecule has 43 heavy (non-hydrogen) atoms. The van der Waals surface area contributed by atoms with Gasteiger partial charge in [-0.15, -0.1) is 0 Å². The van der Waals surface area contributed by atoms with Crippen LogP contribution in [-0.4, -0.2) is 50.7 Å². The van der Waals surface area contributed by atoms with Crippen molar-refractivity contribution in [1.29, 1.82) is 0 Å². The van der Waals surface area contributed by atoms with E-state index < -0.39 is 11.6 Å². The Kier molecular flexibility index (Phi) is 8.57. The third kappa shape index (κ3) is 7.46. The van der Waals surface area contributed by atoms with Crippen molar-refractivity contribution in [1.82, 2.24) is 14.9 Å². The Bertz CT molecular complexity index is 1650. The lowest BCUT2D eigenvalue weighted by Gasteiger charge is -2.30. The highest BCUT2D eigenvalue weighted by molar-refractivity contribution is 5.95.